The van der Waals surface area contributed by atoms with Gasteiger partial charge in [-0.3, -0.25) is 14.8 Å². The Hall–Kier alpha value is -2.39. The summed E-state index contributed by atoms with van der Waals surface area (Å²) in [6.07, 6.45) is 6.01. The van der Waals surface area contributed by atoms with Crippen LogP contribution >= 0.6 is 11.3 Å². The van der Waals surface area contributed by atoms with Crippen molar-refractivity contribution in [1.82, 2.24) is 14.7 Å². The Morgan fingerprint density at radius 2 is 2.00 bits per heavy atom. The number of primary amides is 2. The number of fused-ring (bicyclic) bond motifs is 3. The van der Waals surface area contributed by atoms with E-state index < -0.39 is 11.9 Å². The Labute approximate surface area is 167 Å². The summed E-state index contributed by atoms with van der Waals surface area (Å²) in [7, 11) is 0. The van der Waals surface area contributed by atoms with Crippen LogP contribution in [0.5, 0.6) is 0 Å². The zero-order valence-corrected chi connectivity index (χ0v) is 16.8. The van der Waals surface area contributed by atoms with E-state index in [1.165, 1.54) is 24.2 Å². The predicted molar refractivity (Wildman–Crippen MR) is 110 cm³/mol. The number of carbonyl (C=O) groups is 2. The van der Waals surface area contributed by atoms with Crippen LogP contribution < -0.4 is 16.8 Å². The predicted octanol–water partition coefficient (Wildman–Crippen LogP) is 2.03. The summed E-state index contributed by atoms with van der Waals surface area (Å²) in [4.78, 5) is 26.7. The smallest absolute Gasteiger partial charge is 0.317 e. The number of hydrogen-bond donors (Lipinski definition) is 3. The van der Waals surface area contributed by atoms with Gasteiger partial charge in [-0.25, -0.2) is 4.79 Å². The van der Waals surface area contributed by atoms with Gasteiger partial charge in [0.25, 0.3) is 5.91 Å². The Bertz CT molecular complexity index is 910. The number of carbonyl (C=O) groups excluding carboxylic acids is 2. The number of likely N-dealkylation sites (tertiary alicyclic amines) is 1. The first-order valence-electron chi connectivity index (χ1n) is 9.73. The minimum Gasteiger partial charge on any atom is -0.365 e. The van der Waals surface area contributed by atoms with Crippen LogP contribution in [0.4, 0.5) is 9.80 Å². The average molecular weight is 403 g/mol. The van der Waals surface area contributed by atoms with Crippen molar-refractivity contribution in [3.05, 3.63) is 23.0 Å². The van der Waals surface area contributed by atoms with Gasteiger partial charge in [0.2, 0.25) is 0 Å². The van der Waals surface area contributed by atoms with E-state index in [4.69, 9.17) is 16.6 Å². The normalized spacial score (nSPS) is 17.2. The van der Waals surface area contributed by atoms with Crippen molar-refractivity contribution in [2.45, 2.75) is 39.2 Å². The fourth-order valence-corrected chi connectivity index (χ4v) is 5.39. The maximum Gasteiger partial charge on any atom is 0.317 e. The number of hydrogen-bond acceptors (Lipinski definition) is 5. The summed E-state index contributed by atoms with van der Waals surface area (Å²) in [5.41, 5.74) is 14.1. The highest BCUT2D eigenvalue weighted by atomic mass is 32.1. The summed E-state index contributed by atoms with van der Waals surface area (Å²) in [5, 5.41) is 7.73. The molecule has 3 heterocycles. The van der Waals surface area contributed by atoms with Crippen molar-refractivity contribution in [2.24, 2.45) is 17.4 Å². The van der Waals surface area contributed by atoms with Crippen molar-refractivity contribution in [3.8, 4) is 10.4 Å². The molecular formula is C19H26N6O2S. The number of aromatic nitrogens is 2. The molecule has 1 aliphatic carbocycles. The van der Waals surface area contributed by atoms with E-state index in [2.05, 4.69) is 23.3 Å². The SMILES string of the molecule is CC1CCN(CCn2cc3c(n2)CCc2c-3sc(NC(N)=O)c2C(N)=O)CC1. The van der Waals surface area contributed by atoms with Gasteiger partial charge in [-0.05, 0) is 50.3 Å². The second-order valence-electron chi connectivity index (χ2n) is 7.74. The zero-order chi connectivity index (χ0) is 19.8. The van der Waals surface area contributed by atoms with Crippen LogP contribution in [0.15, 0.2) is 6.20 Å². The summed E-state index contributed by atoms with van der Waals surface area (Å²) in [5.74, 6) is 0.282. The number of aryl methyl sites for hydroxylation is 1. The molecule has 0 spiro atoms. The Morgan fingerprint density at radius 3 is 2.68 bits per heavy atom. The first-order chi connectivity index (χ1) is 13.4. The van der Waals surface area contributed by atoms with Gasteiger partial charge in [0.15, 0.2) is 0 Å². The van der Waals surface area contributed by atoms with Crippen LogP contribution in [0.2, 0.25) is 0 Å². The number of anilines is 1. The van der Waals surface area contributed by atoms with Crippen LogP contribution in [0.1, 0.15) is 41.4 Å². The minimum atomic E-state index is -0.701. The monoisotopic (exact) mass is 402 g/mol. The molecule has 1 fully saturated rings. The molecule has 2 aromatic heterocycles. The lowest BCUT2D eigenvalue weighted by Gasteiger charge is -2.29. The van der Waals surface area contributed by atoms with Crippen molar-refractivity contribution in [1.29, 1.82) is 0 Å². The Kier molecular flexibility index (Phi) is 5.11. The van der Waals surface area contributed by atoms with Crippen molar-refractivity contribution >= 4 is 28.3 Å². The molecule has 150 valence electrons. The molecule has 28 heavy (non-hydrogen) atoms. The van der Waals surface area contributed by atoms with Crippen LogP contribution in [-0.4, -0.2) is 46.3 Å². The van der Waals surface area contributed by atoms with E-state index in [1.54, 1.807) is 0 Å². The fourth-order valence-electron chi connectivity index (χ4n) is 4.11. The number of amides is 3. The number of nitrogens with two attached hydrogens (primary N) is 2. The number of urea groups is 1. The lowest BCUT2D eigenvalue weighted by Crippen LogP contribution is -2.35. The van der Waals surface area contributed by atoms with Crippen LogP contribution in [-0.2, 0) is 19.4 Å². The molecule has 0 bridgehead atoms. The maximum absolute atomic E-state index is 12.0. The first-order valence-corrected chi connectivity index (χ1v) is 10.5. The number of nitrogens with one attached hydrogen (secondary N) is 1. The zero-order valence-electron chi connectivity index (χ0n) is 16.0. The summed E-state index contributed by atoms with van der Waals surface area (Å²) in [6, 6.07) is -0.701. The maximum atomic E-state index is 12.0. The van der Waals surface area contributed by atoms with Crippen LogP contribution in [0.25, 0.3) is 10.4 Å². The molecule has 0 atom stereocenters. The Balaban J connectivity index is 1.56. The Morgan fingerprint density at radius 1 is 1.25 bits per heavy atom. The van der Waals surface area contributed by atoms with E-state index in [0.29, 0.717) is 17.0 Å². The number of nitrogens with zero attached hydrogens (tertiary/aromatic N) is 3. The highest BCUT2D eigenvalue weighted by Crippen LogP contribution is 2.44. The molecule has 8 nitrogen and oxygen atoms in total. The summed E-state index contributed by atoms with van der Waals surface area (Å²) >= 11 is 1.34. The first kappa shape index (κ1) is 18.9. The van der Waals surface area contributed by atoms with E-state index >= 15 is 0 Å². The topological polar surface area (TPSA) is 119 Å². The fraction of sp³-hybridized carbons (Fsp3) is 0.526. The minimum absolute atomic E-state index is 0.375. The second-order valence-corrected chi connectivity index (χ2v) is 8.76. The average Bonchev–Trinajstić information content (AvgIpc) is 3.21. The third kappa shape index (κ3) is 3.64. The molecule has 1 aliphatic heterocycles. The van der Waals surface area contributed by atoms with Gasteiger partial charge in [-0.2, -0.15) is 5.10 Å². The van der Waals surface area contributed by atoms with Gasteiger partial charge in [-0.15, -0.1) is 11.3 Å². The summed E-state index contributed by atoms with van der Waals surface area (Å²) < 4.78 is 2.00. The van der Waals surface area contributed by atoms with Gasteiger partial charge in [-0.1, -0.05) is 6.92 Å². The summed E-state index contributed by atoms with van der Waals surface area (Å²) in [6.45, 7) is 6.46. The second kappa shape index (κ2) is 7.56. The largest absolute Gasteiger partial charge is 0.365 e. The standard InChI is InChI=1S/C19H26N6O2S/c1-11-4-6-24(7-5-11)8-9-25-10-13-14(23-25)3-2-12-15(17(20)26)18(22-19(21)27)28-16(12)13/h10-11H,2-9H2,1H3,(H2,20,26)(H3,21,22,27). The molecule has 0 saturated carbocycles. The molecular weight excluding hydrogens is 376 g/mol. The molecule has 0 radical (unpaired) electrons. The van der Waals surface area contributed by atoms with Crippen molar-refractivity contribution < 1.29 is 9.59 Å². The van der Waals surface area contributed by atoms with Gasteiger partial charge < -0.3 is 16.4 Å². The van der Waals surface area contributed by atoms with Gasteiger partial charge in [0.05, 0.1) is 17.8 Å². The number of piperidine rings is 1. The molecule has 2 aromatic rings. The van der Waals surface area contributed by atoms with E-state index in [0.717, 1.165) is 60.2 Å². The van der Waals surface area contributed by atoms with Crippen molar-refractivity contribution in [3.63, 3.8) is 0 Å². The molecule has 3 amide bonds. The molecule has 2 aliphatic rings. The number of thiophene rings is 1. The van der Waals surface area contributed by atoms with E-state index in [1.807, 2.05) is 4.68 Å². The number of rotatable bonds is 5. The highest BCUT2D eigenvalue weighted by Gasteiger charge is 2.29. The van der Waals surface area contributed by atoms with Crippen LogP contribution in [0.3, 0.4) is 0 Å². The van der Waals surface area contributed by atoms with Crippen LogP contribution in [0, 0.1) is 5.92 Å². The van der Waals surface area contributed by atoms with Gasteiger partial charge >= 0.3 is 6.03 Å². The molecule has 0 unspecified atom stereocenters. The molecule has 5 N–H and O–H groups in total. The molecule has 1 saturated heterocycles. The highest BCUT2D eigenvalue weighted by molar-refractivity contribution is 7.20. The van der Waals surface area contributed by atoms with Crippen molar-refractivity contribution in [2.75, 3.05) is 25.0 Å². The lowest BCUT2D eigenvalue weighted by molar-refractivity contribution is 0.100. The lowest BCUT2D eigenvalue weighted by atomic mass is 9.94. The quantitative estimate of drug-likeness (QED) is 0.709. The van der Waals surface area contributed by atoms with E-state index in [-0.39, 0.29) is 0 Å². The third-order valence-corrected chi connectivity index (χ3v) is 6.89. The van der Waals surface area contributed by atoms with Gasteiger partial charge in [0.1, 0.15) is 5.00 Å². The molecule has 0 aromatic carbocycles. The van der Waals surface area contributed by atoms with Gasteiger partial charge in [0, 0.05) is 23.2 Å². The van der Waals surface area contributed by atoms with E-state index in [9.17, 15) is 9.59 Å². The third-order valence-electron chi connectivity index (χ3n) is 5.71. The molecule has 9 heteroatoms. The molecule has 4 rings (SSSR count).